The second kappa shape index (κ2) is 29.7. The van der Waals surface area contributed by atoms with E-state index < -0.39 is 0 Å². The molecule has 252 valence electrons. The van der Waals surface area contributed by atoms with E-state index in [4.69, 9.17) is 0 Å². The average molecular weight is 1100 g/mol. The largest absolute Gasteiger partial charge is 2.00 e. The molecular formula is C28H60BBeI2N4O2Yb2-. The zero-order valence-corrected chi connectivity index (χ0v) is 34.6. The number of allylic oxidation sites excluding steroid dienone is 1. The number of rotatable bonds is 6. The molecule has 0 aromatic heterocycles. The van der Waals surface area contributed by atoms with Gasteiger partial charge < -0.3 is 82.6 Å². The van der Waals surface area contributed by atoms with E-state index in [-0.39, 0.29) is 185 Å². The van der Waals surface area contributed by atoms with Crippen molar-refractivity contribution < 1.29 is 129 Å². The standard InChI is InChI=1S/2C13H25N2O.2CH3.BH3I.Be.HI.2Yb.H/c1-8-11-12(16)14(6)10(3)9(2)13(4,5)15(11)7;1-8-9-12(16)15(7)11(3)10(2)13(4,5)14-6;;;1-2;;;;;/h9-11H,7-8H2,1-6H3;8-11,14H,6H2,1-5,7H3;2*1H3;1H3;;1H;;;/q5*-1;+2;;2*+2;-1/p-1/b;9-8+;;;;;;;;. The van der Waals surface area contributed by atoms with Crippen molar-refractivity contribution in [3.63, 3.8) is 0 Å². The Bertz CT molecular complexity index is 687. The molecule has 0 aromatic carbocycles. The van der Waals surface area contributed by atoms with Gasteiger partial charge in [-0.2, -0.15) is 0 Å². The first kappa shape index (κ1) is 62.2. The fourth-order valence-electron chi connectivity index (χ4n) is 4.11. The van der Waals surface area contributed by atoms with Crippen LogP contribution in [0.5, 0.6) is 0 Å². The molecule has 0 aromatic rings. The first-order valence-electron chi connectivity index (χ1n) is 11.8. The molecule has 0 bridgehead atoms. The van der Waals surface area contributed by atoms with Gasteiger partial charge in [0.1, 0.15) is 0 Å². The van der Waals surface area contributed by atoms with E-state index in [0.29, 0.717) is 11.8 Å². The van der Waals surface area contributed by atoms with E-state index in [9.17, 15) is 9.59 Å². The second-order valence-electron chi connectivity index (χ2n) is 10.4. The molecule has 1 rings (SSSR count). The molecule has 5 atom stereocenters. The third-order valence-electron chi connectivity index (χ3n) is 8.17. The molecule has 5 unspecified atom stereocenters. The van der Waals surface area contributed by atoms with Crippen LogP contribution in [0.4, 0.5) is 0 Å². The van der Waals surface area contributed by atoms with Crippen LogP contribution in [-0.4, -0.2) is 85.6 Å². The summed E-state index contributed by atoms with van der Waals surface area (Å²) >= 11 is 2.40. The molecule has 0 radical (unpaired) electrons. The fourth-order valence-corrected chi connectivity index (χ4v) is 4.11. The molecule has 2 amide bonds. The summed E-state index contributed by atoms with van der Waals surface area (Å²) in [5.41, 5.74) is 0.572. The Morgan fingerprint density at radius 1 is 1.25 bits per heavy atom. The summed E-state index contributed by atoms with van der Waals surface area (Å²) in [6.07, 6.45) is 4.17. The molecule has 12 heteroatoms. The van der Waals surface area contributed by atoms with Crippen LogP contribution in [0, 0.1) is 135 Å². The normalized spacial score (nSPS) is 21.1. The first-order valence-corrected chi connectivity index (χ1v) is 11.8. The molecule has 1 aliphatic rings. The van der Waals surface area contributed by atoms with Gasteiger partial charge in [0.25, 0.3) is 0 Å². The van der Waals surface area contributed by atoms with Crippen LogP contribution >= 0.6 is 22.4 Å². The molecule has 0 saturated carbocycles. The number of hydrogen-bond acceptors (Lipinski definition) is 4. The maximum Gasteiger partial charge on any atom is 2.00 e. The predicted octanol–water partition coefficient (Wildman–Crippen LogP) is 1.68. The Hall–Kier alpha value is 3.33. The zero-order valence-electron chi connectivity index (χ0n) is 27.8. The number of halogens is 2. The smallest absolute Gasteiger partial charge is 1.00 e. The predicted molar refractivity (Wildman–Crippen MR) is 179 cm³/mol. The number of nitrogens with zero attached hydrogens (tertiary/aromatic N) is 3. The van der Waals surface area contributed by atoms with Crippen molar-refractivity contribution in [2.24, 2.45) is 11.8 Å². The van der Waals surface area contributed by atoms with Gasteiger partial charge in [-0.05, 0) is 83.9 Å². The Morgan fingerprint density at radius 3 is 1.98 bits per heavy atom. The number of hydrogen-bond donors (Lipinski definition) is 1. The van der Waals surface area contributed by atoms with Crippen LogP contribution in [-0.2, 0) is 9.59 Å². The minimum Gasteiger partial charge on any atom is -1.00 e. The summed E-state index contributed by atoms with van der Waals surface area (Å²) < 4.78 is 0. The third kappa shape index (κ3) is 17.9. The quantitative estimate of drug-likeness (QED) is 0.191. The fraction of sp³-hybridized carbons (Fsp3) is 0.714. The molecule has 0 spiro atoms. The molecule has 40 heavy (non-hydrogen) atoms. The molecule has 6 nitrogen and oxygen atoms in total. The van der Waals surface area contributed by atoms with Gasteiger partial charge in [0, 0.05) is 31.9 Å². The Kier molecular flexibility index (Phi) is 46.2. The van der Waals surface area contributed by atoms with Gasteiger partial charge in [-0.3, -0.25) is 23.7 Å². The van der Waals surface area contributed by atoms with Crippen molar-refractivity contribution in [3.8, 4) is 0 Å². The SMILES string of the molecule is [BH3-]I.[Be+2].[CH2-]N1C(CC)C(=O)N(C)C(C)C(C)C1(C)C.[CH2-]NC(C)(C)C(C)C(C)N(C)C(=O)/C=C/C.[CH3-].[CH3-].[H-].[I-].[Yb+2].[Yb+2]. The number of carbonyl (C=O) groups is 2. The summed E-state index contributed by atoms with van der Waals surface area (Å²) in [5, 5.41) is 3.04. The van der Waals surface area contributed by atoms with Crippen molar-refractivity contribution in [3.05, 3.63) is 41.1 Å². The molecule has 1 saturated heterocycles. The second-order valence-corrected chi connectivity index (χ2v) is 10.4. The zero-order chi connectivity index (χ0) is 27.6. The van der Waals surface area contributed by atoms with Gasteiger partial charge in [0.15, 0.2) is 0 Å². The van der Waals surface area contributed by atoms with E-state index in [2.05, 4.69) is 97.2 Å². The van der Waals surface area contributed by atoms with Gasteiger partial charge in [0.05, 0.1) is 6.04 Å². The van der Waals surface area contributed by atoms with Crippen molar-refractivity contribution in [2.45, 2.75) is 105 Å². The van der Waals surface area contributed by atoms with E-state index in [1.165, 1.54) is 0 Å². The summed E-state index contributed by atoms with van der Waals surface area (Å²) in [6, 6.07) is 0.323. The minimum atomic E-state index is -0.0934. The summed E-state index contributed by atoms with van der Waals surface area (Å²) in [6.45, 7) is 20.9. The van der Waals surface area contributed by atoms with Crippen molar-refractivity contribution in [1.29, 1.82) is 0 Å². The number of amides is 2. The van der Waals surface area contributed by atoms with Crippen LogP contribution in [0.1, 0.15) is 77.1 Å². The summed E-state index contributed by atoms with van der Waals surface area (Å²) in [7, 11) is 11.6. The van der Waals surface area contributed by atoms with Crippen LogP contribution in [0.15, 0.2) is 12.2 Å². The van der Waals surface area contributed by atoms with Crippen molar-refractivity contribution in [2.75, 3.05) is 14.1 Å². The molecule has 1 fully saturated rings. The number of carbonyl (C=O) groups excluding carboxylic acids is 2. The first-order chi connectivity index (χ1) is 15.5. The van der Waals surface area contributed by atoms with Gasteiger partial charge in [-0.25, -0.2) is 0 Å². The maximum absolute atomic E-state index is 12.3. The van der Waals surface area contributed by atoms with Crippen LogP contribution in [0.2, 0.25) is 0 Å². The average Bonchev–Trinajstić information content (AvgIpc) is 2.85. The van der Waals surface area contributed by atoms with E-state index in [1.807, 2.05) is 37.7 Å². The minimum absolute atomic E-state index is 0. The number of likely N-dealkylation sites (N-methyl/N-ethyl adjacent to an activating group) is 2. The number of nitrogens with one attached hydrogen (secondary N) is 1. The Morgan fingerprint density at radius 2 is 1.65 bits per heavy atom. The third-order valence-corrected chi connectivity index (χ3v) is 8.17. The van der Waals surface area contributed by atoms with Crippen LogP contribution in [0.25, 0.3) is 0 Å². The van der Waals surface area contributed by atoms with Crippen molar-refractivity contribution in [1.82, 2.24) is 20.0 Å². The molecule has 0 aliphatic carbocycles. The Balaban J connectivity index is -0.0000000579. The molecule has 1 heterocycles. The molecular weight excluding hydrogens is 1040 g/mol. The monoisotopic (exact) mass is 1110 g/mol. The van der Waals surface area contributed by atoms with Crippen LogP contribution < -0.4 is 29.3 Å². The van der Waals surface area contributed by atoms with E-state index in [0.717, 1.165) is 12.1 Å². The van der Waals surface area contributed by atoms with Gasteiger partial charge in [-0.1, -0.05) is 26.8 Å². The molecule has 1 aliphatic heterocycles. The van der Waals surface area contributed by atoms with E-state index >= 15 is 0 Å². The molecule has 1 N–H and O–H groups in total. The van der Waals surface area contributed by atoms with Gasteiger partial charge in [-0.15, -0.1) is 0 Å². The van der Waals surface area contributed by atoms with E-state index in [1.54, 1.807) is 17.1 Å². The summed E-state index contributed by atoms with van der Waals surface area (Å²) in [4.78, 5) is 29.6. The Labute approximate surface area is 364 Å². The van der Waals surface area contributed by atoms with Gasteiger partial charge in [0.2, 0.25) is 11.8 Å². The maximum atomic E-state index is 12.3. The van der Waals surface area contributed by atoms with Crippen LogP contribution in [0.3, 0.4) is 0 Å². The summed E-state index contributed by atoms with van der Waals surface area (Å²) in [5.74, 6) is 0.948. The topological polar surface area (TPSA) is 55.9 Å². The van der Waals surface area contributed by atoms with Crippen molar-refractivity contribution >= 4 is 50.0 Å². The van der Waals surface area contributed by atoms with Gasteiger partial charge >= 0.3 is 104 Å².